The van der Waals surface area contributed by atoms with Crippen LogP contribution in [-0.2, 0) is 9.53 Å². The third-order valence-corrected chi connectivity index (χ3v) is 7.57. The van der Waals surface area contributed by atoms with Crippen LogP contribution in [0.25, 0.3) is 0 Å². The fourth-order valence-corrected chi connectivity index (χ4v) is 5.37. The summed E-state index contributed by atoms with van der Waals surface area (Å²) in [6.07, 6.45) is 0.526. The maximum Gasteiger partial charge on any atom is 0.318 e. The molecule has 4 rings (SSSR count). The lowest BCUT2D eigenvalue weighted by Crippen LogP contribution is -2.53. The Bertz CT molecular complexity index is 1160. The number of carbonyl (C=O) groups excluding carboxylic acids is 2. The predicted molar refractivity (Wildman–Crippen MR) is 152 cm³/mol. The van der Waals surface area contributed by atoms with Crippen molar-refractivity contribution in [3.63, 3.8) is 0 Å². The van der Waals surface area contributed by atoms with E-state index in [1.165, 1.54) is 5.01 Å². The molecule has 0 spiro atoms. The first kappa shape index (κ1) is 28.8. The Morgan fingerprint density at radius 3 is 2.59 bits per heavy atom. The van der Waals surface area contributed by atoms with Gasteiger partial charge in [0.1, 0.15) is 18.0 Å². The monoisotopic (exact) mass is 557 g/mol. The molecule has 212 valence electrons. The van der Waals surface area contributed by atoms with Crippen molar-refractivity contribution in [2.24, 2.45) is 5.10 Å². The Morgan fingerprint density at radius 2 is 1.95 bits per heavy atom. The minimum atomic E-state index is -0.439. The number of hydrazone groups is 1. The molecule has 1 atom stereocenters. The molecule has 2 aromatic rings. The number of carbonyl (C=O) groups is 2. The van der Waals surface area contributed by atoms with Crippen molar-refractivity contribution < 1.29 is 23.8 Å². The fourth-order valence-electron chi connectivity index (χ4n) is 4.65. The normalized spacial score (nSPS) is 18.0. The molecule has 1 aromatic carbocycles. The van der Waals surface area contributed by atoms with Crippen LogP contribution in [0.4, 0.5) is 4.79 Å². The summed E-state index contributed by atoms with van der Waals surface area (Å²) >= 11 is 1.58. The highest BCUT2D eigenvalue weighted by molar-refractivity contribution is 7.12. The number of amides is 3. The van der Waals surface area contributed by atoms with E-state index in [-0.39, 0.29) is 18.5 Å². The molecule has 0 aliphatic carbocycles. The smallest absolute Gasteiger partial charge is 0.318 e. The van der Waals surface area contributed by atoms with Gasteiger partial charge in [0.05, 0.1) is 44.1 Å². The van der Waals surface area contributed by atoms with E-state index < -0.39 is 11.6 Å². The van der Waals surface area contributed by atoms with Crippen LogP contribution in [0.3, 0.4) is 0 Å². The second kappa shape index (κ2) is 12.8. The summed E-state index contributed by atoms with van der Waals surface area (Å²) in [5, 5.41) is 11.3. The van der Waals surface area contributed by atoms with Gasteiger partial charge < -0.3 is 24.4 Å². The van der Waals surface area contributed by atoms with Crippen LogP contribution in [-0.4, -0.2) is 98.2 Å². The summed E-state index contributed by atoms with van der Waals surface area (Å²) in [4.78, 5) is 32.1. The van der Waals surface area contributed by atoms with Crippen molar-refractivity contribution in [2.75, 3.05) is 60.2 Å². The molecule has 1 aromatic heterocycles. The van der Waals surface area contributed by atoms with Gasteiger partial charge in [-0.1, -0.05) is 6.07 Å². The van der Waals surface area contributed by atoms with Crippen LogP contribution in [0, 0.1) is 0 Å². The summed E-state index contributed by atoms with van der Waals surface area (Å²) in [7, 11) is 3.22. The van der Waals surface area contributed by atoms with Crippen molar-refractivity contribution in [1.29, 1.82) is 0 Å². The zero-order valence-electron chi connectivity index (χ0n) is 23.4. The highest BCUT2D eigenvalue weighted by atomic mass is 32.1. The van der Waals surface area contributed by atoms with Gasteiger partial charge in [-0.15, -0.1) is 11.3 Å². The average Bonchev–Trinajstić information content (AvgIpc) is 3.60. The number of hydrogen-bond acceptors (Lipinski definition) is 8. The summed E-state index contributed by atoms with van der Waals surface area (Å²) in [5.74, 6) is 1.05. The molecule has 0 saturated carbocycles. The van der Waals surface area contributed by atoms with E-state index in [2.05, 4.69) is 10.2 Å². The Labute approximate surface area is 234 Å². The third-order valence-electron chi connectivity index (χ3n) is 6.65. The standard InChI is InChI=1S/C28H39N5O5S/c1-28(2,3)29-27(35)32(11-10-31-12-14-38-15-13-31)19-26(34)33-23(18-22(30-33)25-7-6-16-39-25)21-17-20(36-4)8-9-24(21)37-5/h6-9,16-17,23H,10-15,18-19H2,1-5H3,(H,29,35)/t23-/m0/s1. The Morgan fingerprint density at radius 1 is 1.18 bits per heavy atom. The van der Waals surface area contributed by atoms with Gasteiger partial charge in [0, 0.05) is 43.7 Å². The minimum absolute atomic E-state index is 0.101. The van der Waals surface area contributed by atoms with Crippen LogP contribution in [0.15, 0.2) is 40.8 Å². The molecule has 3 amide bonds. The van der Waals surface area contributed by atoms with Gasteiger partial charge in [-0.25, -0.2) is 9.80 Å². The topological polar surface area (TPSA) is 95.9 Å². The van der Waals surface area contributed by atoms with Crippen molar-refractivity contribution in [1.82, 2.24) is 20.1 Å². The zero-order valence-corrected chi connectivity index (χ0v) is 24.3. The molecule has 11 heteroatoms. The number of thiophene rings is 1. The Hall–Kier alpha value is -3.15. The fraction of sp³-hybridized carbons (Fsp3) is 0.536. The second-order valence-electron chi connectivity index (χ2n) is 10.6. The van der Waals surface area contributed by atoms with E-state index >= 15 is 0 Å². The lowest BCUT2D eigenvalue weighted by atomic mass is 9.99. The lowest BCUT2D eigenvalue weighted by molar-refractivity contribution is -0.133. The number of urea groups is 1. The molecule has 2 aliphatic rings. The number of rotatable bonds is 9. The first-order chi connectivity index (χ1) is 18.7. The number of morpholine rings is 1. The van der Waals surface area contributed by atoms with E-state index in [1.807, 2.05) is 56.5 Å². The van der Waals surface area contributed by atoms with E-state index in [0.29, 0.717) is 44.2 Å². The first-order valence-corrected chi connectivity index (χ1v) is 14.1. The Kier molecular flexibility index (Phi) is 9.47. The van der Waals surface area contributed by atoms with Gasteiger partial charge in [0.2, 0.25) is 0 Å². The highest BCUT2D eigenvalue weighted by Gasteiger charge is 2.37. The van der Waals surface area contributed by atoms with Gasteiger partial charge in [0.15, 0.2) is 0 Å². The number of nitrogens with zero attached hydrogens (tertiary/aromatic N) is 4. The van der Waals surface area contributed by atoms with E-state index in [1.54, 1.807) is 30.5 Å². The molecule has 0 bridgehead atoms. The maximum absolute atomic E-state index is 13.9. The number of hydrogen-bond donors (Lipinski definition) is 1. The van der Waals surface area contributed by atoms with Gasteiger partial charge in [-0.2, -0.15) is 5.10 Å². The number of benzene rings is 1. The molecular formula is C28H39N5O5S. The molecule has 1 N–H and O–H groups in total. The number of nitrogens with one attached hydrogen (secondary N) is 1. The molecule has 2 aliphatic heterocycles. The average molecular weight is 558 g/mol. The molecule has 0 unspecified atom stereocenters. The molecule has 0 radical (unpaired) electrons. The third kappa shape index (κ3) is 7.49. The second-order valence-corrected chi connectivity index (χ2v) is 11.6. The Balaban J connectivity index is 1.60. The van der Waals surface area contributed by atoms with Crippen LogP contribution in [0.2, 0.25) is 0 Å². The largest absolute Gasteiger partial charge is 0.497 e. The lowest BCUT2D eigenvalue weighted by Gasteiger charge is -2.33. The quantitative estimate of drug-likeness (QED) is 0.506. The summed E-state index contributed by atoms with van der Waals surface area (Å²) < 4.78 is 16.6. The molecule has 1 saturated heterocycles. The minimum Gasteiger partial charge on any atom is -0.497 e. The molecule has 3 heterocycles. The van der Waals surface area contributed by atoms with Gasteiger partial charge in [-0.05, 0) is 50.4 Å². The van der Waals surface area contributed by atoms with Crippen LogP contribution < -0.4 is 14.8 Å². The SMILES string of the molecule is COc1ccc(OC)c([C@@H]2CC(c3cccs3)=NN2C(=O)CN(CCN2CCOCC2)C(=O)NC(C)(C)C)c1. The highest BCUT2D eigenvalue weighted by Crippen LogP contribution is 2.39. The van der Waals surface area contributed by atoms with Crippen LogP contribution in [0.5, 0.6) is 11.5 Å². The first-order valence-electron chi connectivity index (χ1n) is 13.2. The molecular weight excluding hydrogens is 518 g/mol. The molecule has 1 fully saturated rings. The van der Waals surface area contributed by atoms with Gasteiger partial charge in [0.25, 0.3) is 5.91 Å². The maximum atomic E-state index is 13.9. The predicted octanol–water partition coefficient (Wildman–Crippen LogP) is 3.59. The van der Waals surface area contributed by atoms with Crippen molar-refractivity contribution in [3.05, 3.63) is 46.2 Å². The number of ether oxygens (including phenoxy) is 3. The van der Waals surface area contributed by atoms with E-state index in [4.69, 9.17) is 19.3 Å². The van der Waals surface area contributed by atoms with E-state index in [9.17, 15) is 9.59 Å². The van der Waals surface area contributed by atoms with Gasteiger partial charge >= 0.3 is 6.03 Å². The van der Waals surface area contributed by atoms with Crippen molar-refractivity contribution in [2.45, 2.75) is 38.8 Å². The summed E-state index contributed by atoms with van der Waals surface area (Å²) in [6.45, 7) is 9.71. The van der Waals surface area contributed by atoms with Crippen molar-refractivity contribution in [3.8, 4) is 11.5 Å². The van der Waals surface area contributed by atoms with Gasteiger partial charge in [-0.3, -0.25) is 9.69 Å². The molecule has 39 heavy (non-hydrogen) atoms. The van der Waals surface area contributed by atoms with Crippen molar-refractivity contribution >= 4 is 29.0 Å². The number of methoxy groups -OCH3 is 2. The summed E-state index contributed by atoms with van der Waals surface area (Å²) in [6, 6.07) is 8.85. The zero-order chi connectivity index (χ0) is 28.0. The summed E-state index contributed by atoms with van der Waals surface area (Å²) in [5.41, 5.74) is 1.19. The van der Waals surface area contributed by atoms with E-state index in [0.717, 1.165) is 29.2 Å². The molecule has 10 nitrogen and oxygen atoms in total. The van der Waals surface area contributed by atoms with Crippen LogP contribution in [0.1, 0.15) is 43.7 Å². The van der Waals surface area contributed by atoms with Crippen LogP contribution >= 0.6 is 11.3 Å².